The van der Waals surface area contributed by atoms with Crippen molar-refractivity contribution < 1.29 is 43.4 Å². The van der Waals surface area contributed by atoms with Crippen molar-refractivity contribution >= 4 is 5.97 Å². The summed E-state index contributed by atoms with van der Waals surface area (Å²) in [5.74, 6) is -4.22. The number of ether oxygens (including phenoxy) is 6. The van der Waals surface area contributed by atoms with Crippen molar-refractivity contribution in [3.8, 4) is 0 Å². The first kappa shape index (κ1) is 25.6. The Morgan fingerprint density at radius 2 is 1.77 bits per heavy atom. The fraction of sp³-hybridized carbons (Fsp3) is 0.900. The summed E-state index contributed by atoms with van der Waals surface area (Å²) in [6.45, 7) is 12.1. The predicted octanol–water partition coefficient (Wildman–Crippen LogP) is 2.95. The lowest BCUT2D eigenvalue weighted by Gasteiger charge is -2.61. The number of epoxide rings is 1. The van der Waals surface area contributed by atoms with E-state index in [0.717, 1.165) is 44.1 Å². The van der Waals surface area contributed by atoms with E-state index >= 15 is 0 Å². The van der Waals surface area contributed by atoms with Gasteiger partial charge < -0.3 is 38.6 Å². The molecule has 9 nitrogen and oxygen atoms in total. The molecule has 14 unspecified atom stereocenters. The molecular weight excluding hydrogens is 504 g/mol. The van der Waals surface area contributed by atoms with Gasteiger partial charge in [0.1, 0.15) is 29.5 Å². The van der Waals surface area contributed by atoms with Gasteiger partial charge in [0, 0.05) is 31.1 Å². The number of aliphatic hydroxyl groups excluding tert-OH is 2. The van der Waals surface area contributed by atoms with Gasteiger partial charge in [0.2, 0.25) is 11.4 Å². The molecule has 0 aromatic carbocycles. The van der Waals surface area contributed by atoms with Gasteiger partial charge in [-0.1, -0.05) is 52.5 Å². The summed E-state index contributed by atoms with van der Waals surface area (Å²) in [6, 6.07) is 0. The standard InChI is InChI=1S/C30H42O9/c1-15(2)26-13-17(4)29-19-21(26)35-28(38-26,39-29)12-10-8-6-7-9-11-16(3)18-20(29)30(24(33)36-25(18,5)37-30)23(32)27(14-31)22(19)34-27/h16-23,31-32H,1,6-14H2,2-5H3. The minimum atomic E-state index is -1.73. The Bertz CT molecular complexity index is 1140. The number of aliphatic hydroxyl groups is 2. The third kappa shape index (κ3) is 2.63. The molecule has 2 saturated carbocycles. The second-order valence-corrected chi connectivity index (χ2v) is 14.2. The summed E-state index contributed by atoms with van der Waals surface area (Å²) in [5, 5.41) is 22.9. The number of rotatable bonds is 2. The lowest BCUT2D eigenvalue weighted by Crippen LogP contribution is -2.75. The fourth-order valence-electron chi connectivity index (χ4n) is 10.7. The molecule has 9 heteroatoms. The van der Waals surface area contributed by atoms with Crippen LogP contribution in [0.5, 0.6) is 0 Å². The van der Waals surface area contributed by atoms with Crippen LogP contribution in [0.15, 0.2) is 12.2 Å². The van der Waals surface area contributed by atoms with Crippen molar-refractivity contribution in [2.24, 2.45) is 29.6 Å². The van der Waals surface area contributed by atoms with E-state index in [2.05, 4.69) is 20.4 Å². The number of carbonyl (C=O) groups excluding carboxylic acids is 1. The monoisotopic (exact) mass is 546 g/mol. The Balaban J connectivity index is 1.42. The quantitative estimate of drug-likeness (QED) is 0.306. The van der Waals surface area contributed by atoms with E-state index in [-0.39, 0.29) is 17.8 Å². The summed E-state index contributed by atoms with van der Waals surface area (Å²) in [6.07, 6.45) is 4.93. The zero-order valence-electron chi connectivity index (χ0n) is 23.4. The first-order valence-electron chi connectivity index (χ1n) is 15.1. The maximum atomic E-state index is 14.0. The molecule has 216 valence electrons. The van der Waals surface area contributed by atoms with Crippen LogP contribution in [0, 0.1) is 29.6 Å². The molecule has 6 heterocycles. The summed E-state index contributed by atoms with van der Waals surface area (Å²) in [4.78, 5) is 14.0. The third-order valence-corrected chi connectivity index (χ3v) is 12.3. The van der Waals surface area contributed by atoms with Crippen molar-refractivity contribution in [1.29, 1.82) is 0 Å². The maximum absolute atomic E-state index is 14.0. The van der Waals surface area contributed by atoms with Crippen LogP contribution in [0.1, 0.15) is 79.1 Å². The lowest BCUT2D eigenvalue weighted by atomic mass is 9.50. The first-order valence-corrected chi connectivity index (χ1v) is 15.1. The number of carbonyl (C=O) groups is 1. The second kappa shape index (κ2) is 7.46. The fourth-order valence-corrected chi connectivity index (χ4v) is 10.7. The average molecular weight is 547 g/mol. The van der Waals surface area contributed by atoms with Crippen LogP contribution in [0.2, 0.25) is 0 Å². The van der Waals surface area contributed by atoms with Crippen molar-refractivity contribution in [3.05, 3.63) is 12.2 Å². The van der Waals surface area contributed by atoms with E-state index in [4.69, 9.17) is 28.4 Å². The van der Waals surface area contributed by atoms with E-state index in [0.29, 0.717) is 12.8 Å². The Morgan fingerprint density at radius 3 is 2.51 bits per heavy atom. The highest BCUT2D eigenvalue weighted by Crippen LogP contribution is 2.77. The van der Waals surface area contributed by atoms with E-state index < -0.39 is 76.9 Å². The Kier molecular flexibility index (Phi) is 4.90. The van der Waals surface area contributed by atoms with Crippen LogP contribution in [-0.2, 0) is 33.2 Å². The van der Waals surface area contributed by atoms with Crippen LogP contribution < -0.4 is 0 Å². The van der Waals surface area contributed by atoms with Crippen molar-refractivity contribution in [1.82, 2.24) is 0 Å². The number of hydrogen-bond donors (Lipinski definition) is 2. The molecule has 8 aliphatic rings. The zero-order chi connectivity index (χ0) is 27.4. The van der Waals surface area contributed by atoms with Crippen molar-refractivity contribution in [2.75, 3.05) is 6.61 Å². The van der Waals surface area contributed by atoms with Gasteiger partial charge in [0.15, 0.2) is 0 Å². The molecule has 14 atom stereocenters. The normalized spacial score (nSPS) is 62.4. The van der Waals surface area contributed by atoms with Crippen molar-refractivity contribution in [3.63, 3.8) is 0 Å². The highest BCUT2D eigenvalue weighted by Gasteiger charge is 2.93. The van der Waals surface area contributed by atoms with Crippen LogP contribution in [0.3, 0.4) is 0 Å². The molecule has 5 bridgehead atoms. The molecule has 6 aliphatic heterocycles. The Hall–Kier alpha value is -1.07. The molecule has 39 heavy (non-hydrogen) atoms. The highest BCUT2D eigenvalue weighted by molar-refractivity contribution is 5.85. The van der Waals surface area contributed by atoms with Crippen LogP contribution in [0.4, 0.5) is 0 Å². The molecule has 3 spiro atoms. The number of esters is 1. The molecule has 2 aliphatic carbocycles. The van der Waals surface area contributed by atoms with Crippen molar-refractivity contribution in [2.45, 2.75) is 132 Å². The molecule has 0 aromatic heterocycles. The van der Waals surface area contributed by atoms with E-state index in [1.807, 2.05) is 13.8 Å². The Morgan fingerprint density at radius 1 is 1.03 bits per heavy atom. The van der Waals surface area contributed by atoms with Gasteiger partial charge in [-0.3, -0.25) is 0 Å². The molecule has 0 aromatic rings. The zero-order valence-corrected chi connectivity index (χ0v) is 23.4. The van der Waals surface area contributed by atoms with Crippen LogP contribution in [0.25, 0.3) is 0 Å². The van der Waals surface area contributed by atoms with Gasteiger partial charge in [0.05, 0.1) is 12.2 Å². The first-order chi connectivity index (χ1) is 18.5. The second-order valence-electron chi connectivity index (χ2n) is 14.2. The minimum Gasteiger partial charge on any atom is -0.431 e. The Labute approximate surface area is 229 Å². The SMILES string of the molecule is C=C(C)C12CC(C)C34OC5(CCCCCCCC(C)C6C3C3(OC6(C)OC3=O)C(O)C3(CO)OC3C4C1O5)O2. The predicted molar refractivity (Wildman–Crippen MR) is 135 cm³/mol. The highest BCUT2D eigenvalue weighted by atomic mass is 16.9. The van der Waals surface area contributed by atoms with Gasteiger partial charge >= 0.3 is 5.97 Å². The molecular formula is C30H42O9. The molecule has 8 fully saturated rings. The molecule has 8 rings (SSSR count). The van der Waals surface area contributed by atoms with E-state index in [9.17, 15) is 15.0 Å². The smallest absolute Gasteiger partial charge is 0.344 e. The van der Waals surface area contributed by atoms with Gasteiger partial charge in [0.25, 0.3) is 5.97 Å². The summed E-state index contributed by atoms with van der Waals surface area (Å²) < 4.78 is 40.2. The van der Waals surface area contributed by atoms with E-state index in [1.165, 1.54) is 0 Å². The number of fused-ring (bicyclic) bond motifs is 3. The molecule has 0 amide bonds. The molecule has 0 radical (unpaired) electrons. The molecule has 6 saturated heterocycles. The number of hydrogen-bond acceptors (Lipinski definition) is 9. The van der Waals surface area contributed by atoms with Gasteiger partial charge in [-0.25, -0.2) is 4.79 Å². The largest absolute Gasteiger partial charge is 0.431 e. The van der Waals surface area contributed by atoms with Gasteiger partial charge in [-0.2, -0.15) is 0 Å². The van der Waals surface area contributed by atoms with Crippen LogP contribution in [-0.4, -0.2) is 75.3 Å². The molecule has 2 N–H and O–H groups in total. The summed E-state index contributed by atoms with van der Waals surface area (Å²) in [5.41, 5.74) is -4.00. The minimum absolute atomic E-state index is 0.104. The summed E-state index contributed by atoms with van der Waals surface area (Å²) in [7, 11) is 0. The van der Waals surface area contributed by atoms with Crippen LogP contribution >= 0.6 is 0 Å². The maximum Gasteiger partial charge on any atom is 0.344 e. The van der Waals surface area contributed by atoms with Gasteiger partial charge in [-0.15, -0.1) is 0 Å². The average Bonchev–Trinajstić information content (AvgIpc) is 3.39. The van der Waals surface area contributed by atoms with Gasteiger partial charge in [-0.05, 0) is 37.2 Å². The summed E-state index contributed by atoms with van der Waals surface area (Å²) >= 11 is 0. The third-order valence-electron chi connectivity index (χ3n) is 12.3. The lowest BCUT2D eigenvalue weighted by molar-refractivity contribution is -0.435. The van der Waals surface area contributed by atoms with E-state index in [1.54, 1.807) is 0 Å². The topological polar surface area (TPSA) is 116 Å².